The minimum Gasteiger partial charge on any atom is -0.336 e. The maximum absolute atomic E-state index is 4.03. The number of hydrogen-bond acceptors (Lipinski definition) is 3. The van der Waals surface area contributed by atoms with Gasteiger partial charge in [0.05, 0.1) is 6.33 Å². The summed E-state index contributed by atoms with van der Waals surface area (Å²) in [6.45, 7) is 6.54. The number of hydrogen-bond donors (Lipinski definition) is 1. The van der Waals surface area contributed by atoms with Crippen LogP contribution in [0.3, 0.4) is 0 Å². The van der Waals surface area contributed by atoms with Gasteiger partial charge in [-0.05, 0) is 31.4 Å². The lowest BCUT2D eigenvalue weighted by Gasteiger charge is -2.13. The molecule has 0 aromatic carbocycles. The SMILES string of the molecule is CCSCCCNC(C)Cn1ccnc1. The Kier molecular flexibility index (Phi) is 6.52. The van der Waals surface area contributed by atoms with Crippen molar-refractivity contribution in [2.24, 2.45) is 0 Å². The predicted molar refractivity (Wildman–Crippen MR) is 67.3 cm³/mol. The summed E-state index contributed by atoms with van der Waals surface area (Å²) in [6.07, 6.45) is 6.95. The van der Waals surface area contributed by atoms with Gasteiger partial charge >= 0.3 is 0 Å². The number of rotatable bonds is 8. The fourth-order valence-electron chi connectivity index (χ4n) is 1.44. The highest BCUT2D eigenvalue weighted by atomic mass is 32.2. The Hall–Kier alpha value is -0.480. The number of nitrogens with zero attached hydrogens (tertiary/aromatic N) is 2. The molecule has 0 aliphatic carbocycles. The molecule has 3 nitrogen and oxygen atoms in total. The molecule has 0 spiro atoms. The maximum Gasteiger partial charge on any atom is 0.0946 e. The van der Waals surface area contributed by atoms with Gasteiger partial charge in [0.15, 0.2) is 0 Å². The van der Waals surface area contributed by atoms with Crippen molar-refractivity contribution >= 4 is 11.8 Å². The zero-order valence-corrected chi connectivity index (χ0v) is 10.5. The van der Waals surface area contributed by atoms with Crippen molar-refractivity contribution in [1.29, 1.82) is 0 Å². The van der Waals surface area contributed by atoms with Crippen molar-refractivity contribution in [3.05, 3.63) is 18.7 Å². The van der Waals surface area contributed by atoms with Crippen LogP contribution < -0.4 is 5.32 Å². The van der Waals surface area contributed by atoms with E-state index in [9.17, 15) is 0 Å². The largest absolute Gasteiger partial charge is 0.336 e. The lowest BCUT2D eigenvalue weighted by Crippen LogP contribution is -2.31. The van der Waals surface area contributed by atoms with E-state index in [2.05, 4.69) is 28.7 Å². The van der Waals surface area contributed by atoms with Gasteiger partial charge in [-0.25, -0.2) is 4.98 Å². The molecular formula is C11H21N3S. The monoisotopic (exact) mass is 227 g/mol. The third kappa shape index (κ3) is 5.85. The molecule has 0 radical (unpaired) electrons. The fourth-order valence-corrected chi connectivity index (χ4v) is 2.08. The average Bonchev–Trinajstić information content (AvgIpc) is 2.70. The van der Waals surface area contributed by atoms with E-state index >= 15 is 0 Å². The van der Waals surface area contributed by atoms with Crippen molar-refractivity contribution < 1.29 is 0 Å². The molecule has 0 aliphatic heterocycles. The highest BCUT2D eigenvalue weighted by molar-refractivity contribution is 7.99. The van der Waals surface area contributed by atoms with Crippen LogP contribution in [0.4, 0.5) is 0 Å². The van der Waals surface area contributed by atoms with Crippen LogP contribution in [0.5, 0.6) is 0 Å². The van der Waals surface area contributed by atoms with Gasteiger partial charge in [-0.3, -0.25) is 0 Å². The van der Waals surface area contributed by atoms with E-state index in [1.54, 1.807) is 0 Å². The maximum atomic E-state index is 4.03. The molecule has 4 heteroatoms. The molecule has 1 rings (SSSR count). The molecule has 1 unspecified atom stereocenters. The third-order valence-corrected chi connectivity index (χ3v) is 3.19. The molecule has 0 saturated carbocycles. The second-order valence-electron chi connectivity index (χ2n) is 3.67. The van der Waals surface area contributed by atoms with Gasteiger partial charge in [-0.15, -0.1) is 0 Å². The van der Waals surface area contributed by atoms with Crippen molar-refractivity contribution in [3.63, 3.8) is 0 Å². The van der Waals surface area contributed by atoms with E-state index < -0.39 is 0 Å². The Morgan fingerprint density at radius 3 is 3.07 bits per heavy atom. The Bertz CT molecular complexity index is 236. The Morgan fingerprint density at radius 1 is 1.53 bits per heavy atom. The van der Waals surface area contributed by atoms with Gasteiger partial charge in [0.25, 0.3) is 0 Å². The molecule has 1 heterocycles. The summed E-state index contributed by atoms with van der Waals surface area (Å²) >= 11 is 2.01. The van der Waals surface area contributed by atoms with Crippen molar-refractivity contribution in [2.45, 2.75) is 32.9 Å². The number of nitrogens with one attached hydrogen (secondary N) is 1. The van der Waals surface area contributed by atoms with Gasteiger partial charge in [-0.2, -0.15) is 11.8 Å². The summed E-state index contributed by atoms with van der Waals surface area (Å²) in [5.41, 5.74) is 0. The van der Waals surface area contributed by atoms with Gasteiger partial charge in [-0.1, -0.05) is 6.92 Å². The molecule has 0 bridgehead atoms. The molecule has 86 valence electrons. The number of thioether (sulfide) groups is 1. The Morgan fingerprint density at radius 2 is 2.40 bits per heavy atom. The first-order valence-corrected chi connectivity index (χ1v) is 6.75. The molecule has 1 aromatic rings. The Balaban J connectivity index is 2.01. The Labute approximate surface area is 96.7 Å². The van der Waals surface area contributed by atoms with Crippen LogP contribution in [0, 0.1) is 0 Å². The second-order valence-corrected chi connectivity index (χ2v) is 5.06. The second kappa shape index (κ2) is 7.77. The van der Waals surface area contributed by atoms with Crippen molar-refractivity contribution in [3.8, 4) is 0 Å². The third-order valence-electron chi connectivity index (χ3n) is 2.21. The smallest absolute Gasteiger partial charge is 0.0946 e. The lowest BCUT2D eigenvalue weighted by atomic mass is 10.3. The summed E-state index contributed by atoms with van der Waals surface area (Å²) < 4.78 is 2.11. The van der Waals surface area contributed by atoms with Gasteiger partial charge in [0.2, 0.25) is 0 Å². The average molecular weight is 227 g/mol. The molecule has 1 N–H and O–H groups in total. The topological polar surface area (TPSA) is 29.9 Å². The molecular weight excluding hydrogens is 206 g/mol. The molecule has 15 heavy (non-hydrogen) atoms. The normalized spacial score (nSPS) is 12.9. The van der Waals surface area contributed by atoms with E-state index in [4.69, 9.17) is 0 Å². The predicted octanol–water partition coefficient (Wildman–Crippen LogP) is 2.00. The highest BCUT2D eigenvalue weighted by Gasteiger charge is 2.00. The summed E-state index contributed by atoms with van der Waals surface area (Å²) in [5.74, 6) is 2.49. The molecule has 1 aromatic heterocycles. The van der Waals surface area contributed by atoms with Crippen LogP contribution in [0.15, 0.2) is 18.7 Å². The highest BCUT2D eigenvalue weighted by Crippen LogP contribution is 2.00. The van der Waals surface area contributed by atoms with E-state index in [-0.39, 0.29) is 0 Å². The molecule has 0 fully saturated rings. The zero-order valence-electron chi connectivity index (χ0n) is 9.65. The summed E-state index contributed by atoms with van der Waals surface area (Å²) in [6, 6.07) is 0.519. The van der Waals surface area contributed by atoms with Crippen molar-refractivity contribution in [2.75, 3.05) is 18.1 Å². The summed E-state index contributed by atoms with van der Waals surface area (Å²) in [4.78, 5) is 4.03. The van der Waals surface area contributed by atoms with E-state index in [0.717, 1.165) is 13.1 Å². The van der Waals surface area contributed by atoms with Crippen LogP contribution in [0.2, 0.25) is 0 Å². The minimum absolute atomic E-state index is 0.519. The van der Waals surface area contributed by atoms with Crippen molar-refractivity contribution in [1.82, 2.24) is 14.9 Å². The fraction of sp³-hybridized carbons (Fsp3) is 0.727. The standard InChI is InChI=1S/C11H21N3S/c1-3-15-8-4-5-13-11(2)9-14-7-6-12-10-14/h6-7,10-11,13H,3-5,8-9H2,1-2H3. The zero-order chi connectivity index (χ0) is 10.9. The quantitative estimate of drug-likeness (QED) is 0.689. The van der Waals surface area contributed by atoms with Crippen LogP contribution in [0.25, 0.3) is 0 Å². The number of imidazole rings is 1. The van der Waals surface area contributed by atoms with Crippen LogP contribution >= 0.6 is 11.8 Å². The van der Waals surface area contributed by atoms with Crippen LogP contribution in [0.1, 0.15) is 20.3 Å². The first-order valence-electron chi connectivity index (χ1n) is 5.59. The van der Waals surface area contributed by atoms with Gasteiger partial charge < -0.3 is 9.88 Å². The molecule has 0 saturated heterocycles. The van der Waals surface area contributed by atoms with Crippen LogP contribution in [-0.2, 0) is 6.54 Å². The van der Waals surface area contributed by atoms with E-state index in [1.807, 2.05) is 30.5 Å². The summed E-state index contributed by atoms with van der Waals surface area (Å²) in [7, 11) is 0. The lowest BCUT2D eigenvalue weighted by molar-refractivity contribution is 0.478. The molecule has 1 atom stereocenters. The van der Waals surface area contributed by atoms with Gasteiger partial charge in [0.1, 0.15) is 0 Å². The summed E-state index contributed by atoms with van der Waals surface area (Å²) in [5, 5.41) is 3.52. The minimum atomic E-state index is 0.519. The molecule has 0 amide bonds. The van der Waals surface area contributed by atoms with Crippen LogP contribution in [-0.4, -0.2) is 33.6 Å². The van der Waals surface area contributed by atoms with E-state index in [0.29, 0.717) is 6.04 Å². The van der Waals surface area contributed by atoms with Gasteiger partial charge in [0, 0.05) is 25.0 Å². The number of aromatic nitrogens is 2. The first kappa shape index (κ1) is 12.6. The first-order chi connectivity index (χ1) is 7.33. The van der Waals surface area contributed by atoms with E-state index in [1.165, 1.54) is 17.9 Å². The molecule has 0 aliphatic rings.